The molecule has 0 saturated carbocycles. The largest absolute Gasteiger partial charge is 0.440 e. The summed E-state index contributed by atoms with van der Waals surface area (Å²) in [6.07, 6.45) is 4.48. The molecule has 114 valence electrons. The van der Waals surface area contributed by atoms with Crippen molar-refractivity contribution in [2.45, 2.75) is 10.9 Å². The zero-order chi connectivity index (χ0) is 15.7. The van der Waals surface area contributed by atoms with E-state index in [9.17, 15) is 8.42 Å². The van der Waals surface area contributed by atoms with Crippen molar-refractivity contribution in [2.75, 3.05) is 0 Å². The molecule has 0 aliphatic carbocycles. The van der Waals surface area contributed by atoms with Crippen LogP contribution in [0.1, 0.15) is 5.89 Å². The Morgan fingerprint density at radius 3 is 2.82 bits per heavy atom. The highest BCUT2D eigenvalue weighted by Gasteiger charge is 2.23. The number of aromatic nitrogens is 3. The maximum absolute atomic E-state index is 12.3. The molecule has 1 aromatic carbocycles. The lowest BCUT2D eigenvalue weighted by Crippen LogP contribution is -2.10. The number of aryl methyl sites for hydroxylation is 1. The van der Waals surface area contributed by atoms with Gasteiger partial charge in [0.2, 0.25) is 20.9 Å². The van der Waals surface area contributed by atoms with Gasteiger partial charge in [-0.1, -0.05) is 23.7 Å². The average molecular weight is 338 g/mol. The van der Waals surface area contributed by atoms with Crippen molar-refractivity contribution in [3.63, 3.8) is 0 Å². The molecule has 0 fully saturated rings. The molecular weight excluding hydrogens is 326 g/mol. The maximum Gasteiger partial charge on any atom is 0.227 e. The van der Waals surface area contributed by atoms with Crippen molar-refractivity contribution < 1.29 is 12.8 Å². The van der Waals surface area contributed by atoms with Gasteiger partial charge >= 0.3 is 0 Å². The third-order valence-corrected chi connectivity index (χ3v) is 4.84. The quantitative estimate of drug-likeness (QED) is 0.731. The second kappa shape index (κ2) is 5.58. The second-order valence-electron chi connectivity index (χ2n) is 4.71. The first-order chi connectivity index (χ1) is 10.5. The van der Waals surface area contributed by atoms with Crippen molar-refractivity contribution in [2.24, 2.45) is 7.05 Å². The van der Waals surface area contributed by atoms with Gasteiger partial charge < -0.3 is 8.98 Å². The Morgan fingerprint density at radius 1 is 1.32 bits per heavy atom. The number of oxazole rings is 1. The van der Waals surface area contributed by atoms with Crippen molar-refractivity contribution in [1.29, 1.82) is 0 Å². The van der Waals surface area contributed by atoms with Crippen LogP contribution in [0.2, 0.25) is 5.02 Å². The molecule has 0 aliphatic rings. The Morgan fingerprint density at radius 2 is 2.14 bits per heavy atom. The molecule has 8 heteroatoms. The number of sulfone groups is 1. The van der Waals surface area contributed by atoms with E-state index in [1.54, 1.807) is 31.4 Å². The van der Waals surface area contributed by atoms with Gasteiger partial charge in [0.25, 0.3) is 0 Å². The summed E-state index contributed by atoms with van der Waals surface area (Å²) in [5.74, 6) is 0.226. The fourth-order valence-electron chi connectivity index (χ4n) is 2.03. The van der Waals surface area contributed by atoms with Crippen molar-refractivity contribution in [3.05, 3.63) is 53.8 Å². The molecule has 0 atom stereocenters. The summed E-state index contributed by atoms with van der Waals surface area (Å²) >= 11 is 5.92. The van der Waals surface area contributed by atoms with E-state index in [-0.39, 0.29) is 16.8 Å². The SMILES string of the molecule is Cn1ccnc1S(=O)(=O)Cc1ncc(-c2cccc(Cl)c2)o1. The zero-order valence-electron chi connectivity index (χ0n) is 11.6. The van der Waals surface area contributed by atoms with Crippen LogP contribution < -0.4 is 0 Å². The lowest BCUT2D eigenvalue weighted by atomic mass is 10.2. The predicted octanol–water partition coefficient (Wildman–Crippen LogP) is 2.70. The fourth-order valence-corrected chi connectivity index (χ4v) is 3.53. The molecule has 0 amide bonds. The summed E-state index contributed by atoms with van der Waals surface area (Å²) in [6.45, 7) is 0. The first kappa shape index (κ1) is 14.8. The molecule has 0 radical (unpaired) electrons. The van der Waals surface area contributed by atoms with Gasteiger partial charge in [-0.25, -0.2) is 18.4 Å². The maximum atomic E-state index is 12.3. The summed E-state index contributed by atoms with van der Waals surface area (Å²) in [5.41, 5.74) is 0.737. The van der Waals surface area contributed by atoms with Gasteiger partial charge in [0.05, 0.1) is 6.20 Å². The third-order valence-electron chi connectivity index (χ3n) is 3.03. The fraction of sp³-hybridized carbons (Fsp3) is 0.143. The minimum Gasteiger partial charge on any atom is -0.440 e. The van der Waals surface area contributed by atoms with Gasteiger partial charge in [-0.05, 0) is 12.1 Å². The van der Waals surface area contributed by atoms with E-state index < -0.39 is 9.84 Å². The van der Waals surface area contributed by atoms with Crippen LogP contribution >= 0.6 is 11.6 Å². The molecule has 0 aliphatic heterocycles. The van der Waals surface area contributed by atoms with Gasteiger partial charge in [0.1, 0.15) is 5.75 Å². The molecule has 0 spiro atoms. The molecule has 22 heavy (non-hydrogen) atoms. The molecular formula is C14H12ClN3O3S. The minimum absolute atomic E-state index is 0.0185. The van der Waals surface area contributed by atoms with Crippen molar-refractivity contribution >= 4 is 21.4 Å². The Labute approximate surface area is 132 Å². The summed E-state index contributed by atoms with van der Waals surface area (Å²) in [7, 11) is -1.99. The Kier molecular flexibility index (Phi) is 3.76. The normalized spacial score (nSPS) is 11.7. The number of benzene rings is 1. The number of hydrogen-bond acceptors (Lipinski definition) is 5. The van der Waals surface area contributed by atoms with Crippen molar-refractivity contribution in [1.82, 2.24) is 14.5 Å². The van der Waals surface area contributed by atoms with E-state index in [1.165, 1.54) is 17.0 Å². The van der Waals surface area contributed by atoms with Crippen LogP contribution in [0.25, 0.3) is 11.3 Å². The smallest absolute Gasteiger partial charge is 0.227 e. The summed E-state index contributed by atoms with van der Waals surface area (Å²) in [6, 6.07) is 7.06. The van der Waals surface area contributed by atoms with E-state index >= 15 is 0 Å². The highest BCUT2D eigenvalue weighted by molar-refractivity contribution is 7.90. The first-order valence-electron chi connectivity index (χ1n) is 6.36. The summed E-state index contributed by atoms with van der Waals surface area (Å²) in [5, 5.41) is 0.547. The van der Waals surface area contributed by atoms with Crippen molar-refractivity contribution in [3.8, 4) is 11.3 Å². The molecule has 3 aromatic rings. The number of hydrogen-bond donors (Lipinski definition) is 0. The standard InChI is InChI=1S/C14H12ClN3O3S/c1-18-6-5-16-14(18)22(19,20)9-13-17-8-12(21-13)10-3-2-4-11(15)7-10/h2-8H,9H2,1H3. The molecule has 0 saturated heterocycles. The van der Waals surface area contributed by atoms with E-state index in [0.717, 1.165) is 5.56 Å². The average Bonchev–Trinajstić information content (AvgIpc) is 3.07. The summed E-state index contributed by atoms with van der Waals surface area (Å²) < 4.78 is 31.5. The van der Waals surface area contributed by atoms with E-state index in [1.807, 2.05) is 6.07 Å². The molecule has 6 nitrogen and oxygen atoms in total. The highest BCUT2D eigenvalue weighted by atomic mass is 35.5. The Bertz CT molecular complexity index is 915. The summed E-state index contributed by atoms with van der Waals surface area (Å²) in [4.78, 5) is 7.87. The van der Waals surface area contributed by atoms with Gasteiger partial charge in [-0.3, -0.25) is 0 Å². The van der Waals surface area contributed by atoms with Crippen LogP contribution in [0, 0.1) is 0 Å². The van der Waals surface area contributed by atoms with Crippen LogP contribution in [0.3, 0.4) is 0 Å². The Balaban J connectivity index is 1.88. The molecule has 3 rings (SSSR count). The predicted molar refractivity (Wildman–Crippen MR) is 81.0 cm³/mol. The van der Waals surface area contributed by atoms with Gasteiger partial charge in [-0.2, -0.15) is 0 Å². The van der Waals surface area contributed by atoms with Crippen LogP contribution in [0.4, 0.5) is 0 Å². The number of halogens is 1. The van der Waals surface area contributed by atoms with Gasteiger partial charge in [-0.15, -0.1) is 0 Å². The lowest BCUT2D eigenvalue weighted by Gasteiger charge is -2.01. The first-order valence-corrected chi connectivity index (χ1v) is 8.39. The van der Waals surface area contributed by atoms with E-state index in [0.29, 0.717) is 10.8 Å². The second-order valence-corrected chi connectivity index (χ2v) is 7.03. The zero-order valence-corrected chi connectivity index (χ0v) is 13.2. The van der Waals surface area contributed by atoms with E-state index in [4.69, 9.17) is 16.0 Å². The van der Waals surface area contributed by atoms with Crippen LogP contribution in [-0.2, 0) is 22.6 Å². The molecule has 2 heterocycles. The number of nitrogens with zero attached hydrogens (tertiary/aromatic N) is 3. The highest BCUT2D eigenvalue weighted by Crippen LogP contribution is 2.24. The molecule has 2 aromatic heterocycles. The van der Waals surface area contributed by atoms with Crippen LogP contribution in [0.15, 0.2) is 52.4 Å². The lowest BCUT2D eigenvalue weighted by molar-refractivity contribution is 0.516. The number of imidazole rings is 1. The number of rotatable bonds is 4. The topological polar surface area (TPSA) is 78.0 Å². The minimum atomic E-state index is -3.61. The van der Waals surface area contributed by atoms with Crippen LogP contribution in [-0.4, -0.2) is 23.0 Å². The van der Waals surface area contributed by atoms with E-state index in [2.05, 4.69) is 9.97 Å². The van der Waals surface area contributed by atoms with Gasteiger partial charge in [0.15, 0.2) is 5.76 Å². The van der Waals surface area contributed by atoms with Gasteiger partial charge in [0, 0.05) is 30.0 Å². The van der Waals surface area contributed by atoms with Crippen LogP contribution in [0.5, 0.6) is 0 Å². The molecule has 0 unspecified atom stereocenters. The monoisotopic (exact) mass is 337 g/mol. The third kappa shape index (κ3) is 2.90. The molecule has 0 N–H and O–H groups in total. The molecule has 0 bridgehead atoms. The Hall–Kier alpha value is -2.12.